The standard InChI is InChI=1S/2C5H11.Mg/c2*1-3-5-4-2;/h2*1,3-5H2,2H3;. The van der Waals surface area contributed by atoms with Crippen LogP contribution >= 0.6 is 0 Å². The lowest BCUT2D eigenvalue weighted by atomic mass is 10.3. The van der Waals surface area contributed by atoms with Crippen molar-refractivity contribution >= 4 is 20.4 Å². The van der Waals surface area contributed by atoms with Crippen molar-refractivity contribution in [3.8, 4) is 0 Å². The number of unbranched alkanes of at least 4 members (excludes halogenated alkanes) is 4. The highest BCUT2D eigenvalue weighted by atomic mass is 24.5. The van der Waals surface area contributed by atoms with E-state index in [1.807, 2.05) is 0 Å². The third kappa shape index (κ3) is 10.8. The second-order valence-electron chi connectivity index (χ2n) is 3.47. The van der Waals surface area contributed by atoms with Gasteiger partial charge in [0.15, 0.2) is 0 Å². The molecule has 11 heavy (non-hydrogen) atoms. The van der Waals surface area contributed by atoms with E-state index in [2.05, 4.69) is 13.8 Å². The van der Waals surface area contributed by atoms with Crippen molar-refractivity contribution in [2.45, 2.75) is 61.5 Å². The van der Waals surface area contributed by atoms with Crippen LogP contribution in [0.3, 0.4) is 0 Å². The highest BCUT2D eigenvalue weighted by molar-refractivity contribution is 6.35. The van der Waals surface area contributed by atoms with Crippen molar-refractivity contribution in [3.63, 3.8) is 0 Å². The Balaban J connectivity index is 2.69. The highest BCUT2D eigenvalue weighted by Gasteiger charge is 1.94. The van der Waals surface area contributed by atoms with Gasteiger partial charge in [-0.15, -0.1) is 9.10 Å². The van der Waals surface area contributed by atoms with Gasteiger partial charge in [-0.3, -0.25) is 0 Å². The van der Waals surface area contributed by atoms with Crippen molar-refractivity contribution in [1.82, 2.24) is 0 Å². The fraction of sp³-hybridized carbons (Fsp3) is 1.00. The minimum Gasteiger partial charge on any atom is -0.146 e. The van der Waals surface area contributed by atoms with Gasteiger partial charge in [0.2, 0.25) is 0 Å². The van der Waals surface area contributed by atoms with E-state index in [4.69, 9.17) is 0 Å². The summed E-state index contributed by atoms with van der Waals surface area (Å²) >= 11 is 0.371. The van der Waals surface area contributed by atoms with E-state index < -0.39 is 0 Å². The van der Waals surface area contributed by atoms with Crippen LogP contribution in [0.5, 0.6) is 0 Å². The van der Waals surface area contributed by atoms with Crippen LogP contribution in [-0.2, 0) is 0 Å². The molecule has 0 aliphatic heterocycles. The molecule has 0 rings (SSSR count). The van der Waals surface area contributed by atoms with Crippen LogP contribution in [-0.4, -0.2) is 20.4 Å². The molecular formula is C10H22Mg. The van der Waals surface area contributed by atoms with E-state index in [9.17, 15) is 0 Å². The molecule has 64 valence electrons. The molecule has 0 nitrogen and oxygen atoms in total. The molecule has 0 atom stereocenters. The summed E-state index contributed by atoms with van der Waals surface area (Å²) in [6.07, 6.45) is 8.78. The average molecular weight is 167 g/mol. The van der Waals surface area contributed by atoms with Gasteiger partial charge in [0, 0.05) is 0 Å². The maximum absolute atomic E-state index is 2.29. The molecule has 0 N–H and O–H groups in total. The van der Waals surface area contributed by atoms with Crippen molar-refractivity contribution in [1.29, 1.82) is 0 Å². The molecule has 0 aliphatic carbocycles. The summed E-state index contributed by atoms with van der Waals surface area (Å²) in [6.45, 7) is 4.58. The molecule has 0 spiro atoms. The second kappa shape index (κ2) is 10.8. The Morgan fingerprint density at radius 2 is 1.18 bits per heavy atom. The quantitative estimate of drug-likeness (QED) is 0.379. The number of rotatable bonds is 8. The molecule has 0 amide bonds. The number of hydrogen-bond acceptors (Lipinski definition) is 0. The van der Waals surface area contributed by atoms with Crippen LogP contribution in [0, 0.1) is 0 Å². The zero-order valence-electron chi connectivity index (χ0n) is 8.36. The molecular weight excluding hydrogens is 144 g/mol. The first kappa shape index (κ1) is 11.8. The molecule has 0 saturated carbocycles. The van der Waals surface area contributed by atoms with E-state index in [1.54, 1.807) is 9.10 Å². The molecule has 0 heterocycles. The Bertz CT molecular complexity index is 53.9. The lowest BCUT2D eigenvalue weighted by molar-refractivity contribution is 0.752. The summed E-state index contributed by atoms with van der Waals surface area (Å²) in [5.74, 6) is 0. The van der Waals surface area contributed by atoms with Crippen LogP contribution in [0.15, 0.2) is 0 Å². The van der Waals surface area contributed by atoms with Crippen LogP contribution in [0.2, 0.25) is 9.10 Å². The first-order valence-corrected chi connectivity index (χ1v) is 7.41. The van der Waals surface area contributed by atoms with E-state index in [-0.39, 0.29) is 0 Å². The van der Waals surface area contributed by atoms with E-state index >= 15 is 0 Å². The van der Waals surface area contributed by atoms with Gasteiger partial charge in [0.25, 0.3) is 0 Å². The minimum atomic E-state index is 0.371. The maximum Gasteiger partial charge on any atom is 0.364 e. The van der Waals surface area contributed by atoms with Gasteiger partial charge in [0.05, 0.1) is 0 Å². The van der Waals surface area contributed by atoms with Crippen molar-refractivity contribution < 1.29 is 0 Å². The van der Waals surface area contributed by atoms with Crippen LogP contribution in [0.1, 0.15) is 52.4 Å². The van der Waals surface area contributed by atoms with Crippen molar-refractivity contribution in [2.75, 3.05) is 0 Å². The topological polar surface area (TPSA) is 0 Å². The Morgan fingerprint density at radius 3 is 1.55 bits per heavy atom. The normalized spacial score (nSPS) is 9.64. The van der Waals surface area contributed by atoms with Gasteiger partial charge >= 0.3 is 20.4 Å². The molecule has 0 unspecified atom stereocenters. The molecule has 0 fully saturated rings. The number of hydrogen-bond donors (Lipinski definition) is 0. The summed E-state index contributed by atoms with van der Waals surface area (Å²) in [7, 11) is 0. The predicted molar refractivity (Wildman–Crippen MR) is 54.4 cm³/mol. The molecule has 0 aromatic carbocycles. The zero-order chi connectivity index (χ0) is 8.36. The monoisotopic (exact) mass is 166 g/mol. The van der Waals surface area contributed by atoms with E-state index in [0.717, 1.165) is 0 Å². The summed E-state index contributed by atoms with van der Waals surface area (Å²) in [4.78, 5) is 0. The molecule has 1 heteroatoms. The largest absolute Gasteiger partial charge is 0.364 e. The Morgan fingerprint density at radius 1 is 0.727 bits per heavy atom. The summed E-state index contributed by atoms with van der Waals surface area (Å²) in [5, 5.41) is 0. The fourth-order valence-corrected chi connectivity index (χ4v) is 3.15. The highest BCUT2D eigenvalue weighted by Crippen LogP contribution is 2.04. The summed E-state index contributed by atoms with van der Waals surface area (Å²) in [6, 6.07) is 0. The van der Waals surface area contributed by atoms with Crippen molar-refractivity contribution in [3.05, 3.63) is 0 Å². The average Bonchev–Trinajstić information content (AvgIpc) is 2.03. The van der Waals surface area contributed by atoms with Crippen LogP contribution in [0.4, 0.5) is 0 Å². The predicted octanol–water partition coefficient (Wildman–Crippen LogP) is 3.91. The van der Waals surface area contributed by atoms with E-state index in [0.29, 0.717) is 20.4 Å². The lowest BCUT2D eigenvalue weighted by Crippen LogP contribution is -1.88. The maximum atomic E-state index is 2.29. The molecule has 0 saturated heterocycles. The molecule has 0 aliphatic rings. The molecule has 0 aromatic heterocycles. The van der Waals surface area contributed by atoms with Gasteiger partial charge in [0.1, 0.15) is 0 Å². The van der Waals surface area contributed by atoms with Crippen LogP contribution < -0.4 is 0 Å². The third-order valence-corrected chi connectivity index (χ3v) is 4.21. The first-order chi connectivity index (χ1) is 5.41. The molecule has 0 radical (unpaired) electrons. The Hall–Kier alpha value is 0.766. The van der Waals surface area contributed by atoms with Crippen LogP contribution in [0.25, 0.3) is 0 Å². The third-order valence-electron chi connectivity index (χ3n) is 2.21. The SMILES string of the molecule is CCCC[CH2][Mg][CH2]CCCC. The smallest absolute Gasteiger partial charge is 0.146 e. The van der Waals surface area contributed by atoms with Gasteiger partial charge in [-0.05, 0) is 0 Å². The minimum absolute atomic E-state index is 0.371. The van der Waals surface area contributed by atoms with E-state index in [1.165, 1.54) is 38.5 Å². The second-order valence-corrected chi connectivity index (χ2v) is 5.60. The van der Waals surface area contributed by atoms with Gasteiger partial charge in [-0.2, -0.15) is 0 Å². The van der Waals surface area contributed by atoms with Gasteiger partial charge in [-0.1, -0.05) is 52.4 Å². The fourth-order valence-electron chi connectivity index (χ4n) is 1.38. The Labute approximate surface area is 81.9 Å². The van der Waals surface area contributed by atoms with Gasteiger partial charge in [-0.25, -0.2) is 0 Å². The molecule has 0 aromatic rings. The summed E-state index contributed by atoms with van der Waals surface area (Å²) < 4.78 is 3.22. The van der Waals surface area contributed by atoms with Crippen molar-refractivity contribution in [2.24, 2.45) is 0 Å². The lowest BCUT2D eigenvalue weighted by Gasteiger charge is -1.96. The first-order valence-electron chi connectivity index (χ1n) is 5.41. The summed E-state index contributed by atoms with van der Waals surface area (Å²) in [5.41, 5.74) is 0. The Kier molecular flexibility index (Phi) is 11.5. The molecule has 0 bridgehead atoms. The zero-order valence-corrected chi connectivity index (χ0v) is 9.78. The van der Waals surface area contributed by atoms with Gasteiger partial charge < -0.3 is 0 Å².